The van der Waals surface area contributed by atoms with Gasteiger partial charge in [-0.3, -0.25) is 0 Å². The maximum Gasteiger partial charge on any atom is 0.187 e. The molecule has 1 fully saturated rings. The van der Waals surface area contributed by atoms with Gasteiger partial charge in [-0.2, -0.15) is 0 Å². The van der Waals surface area contributed by atoms with E-state index in [-0.39, 0.29) is 35.8 Å². The molecule has 294 valence electrons. The Morgan fingerprint density at radius 1 is 0.824 bits per heavy atom. The Balaban J connectivity index is 1.09. The normalized spacial score (nSPS) is 25.5. The number of hydrogen-bond acceptors (Lipinski definition) is 11. The van der Waals surface area contributed by atoms with Crippen LogP contribution in [0.2, 0.25) is 0 Å². The predicted octanol–water partition coefficient (Wildman–Crippen LogP) is 5.15. The molecule has 10 N–H and O–H groups in total. The van der Waals surface area contributed by atoms with Crippen molar-refractivity contribution in [3.05, 3.63) is 35.4 Å². The molecule has 2 aliphatic rings. The highest BCUT2D eigenvalue weighted by molar-refractivity contribution is 5.47. The van der Waals surface area contributed by atoms with Crippen molar-refractivity contribution >= 4 is 0 Å². The summed E-state index contributed by atoms with van der Waals surface area (Å²) < 4.78 is 11.4. The minimum atomic E-state index is -1.46. The Morgan fingerprint density at radius 3 is 2.06 bits per heavy atom. The van der Waals surface area contributed by atoms with Crippen LogP contribution in [0.5, 0.6) is 11.5 Å². The van der Waals surface area contributed by atoms with E-state index in [1.807, 2.05) is 13.0 Å². The first-order valence-electron chi connectivity index (χ1n) is 20.0. The standard InChI is InChI=1S/C40H70N2O9/c1-28(41)35(50-40-39(49)38(48)37(47)36(27-43)51-40)22-18-14-9-7-5-3-2-4-6-8-11-15-19-30(44)20-16-12-10-13-17-21-32-31-26-34(46)33(45)25-29(31)23-24-42-32/h15,19,25-26,28,30,32,35-40,42-49H,2-14,16-18,20-24,27,41H2,1H3/b19-15+/t28-,30?,32-,35-,36-,37+,38+,39-,40+/m0/s1. The number of ether oxygens (including phenoxy) is 2. The molecule has 0 saturated carbocycles. The van der Waals surface area contributed by atoms with Crippen LogP contribution in [0, 0.1) is 0 Å². The third-order valence-electron chi connectivity index (χ3n) is 10.6. The summed E-state index contributed by atoms with van der Waals surface area (Å²) in [4.78, 5) is 0. The minimum Gasteiger partial charge on any atom is -0.504 e. The number of aliphatic hydroxyl groups is 5. The number of nitrogens with one attached hydrogen (secondary N) is 1. The number of phenols is 2. The zero-order valence-corrected chi connectivity index (χ0v) is 31.1. The quantitative estimate of drug-likeness (QED) is 0.0349. The van der Waals surface area contributed by atoms with Gasteiger partial charge in [-0.1, -0.05) is 102 Å². The molecule has 0 radical (unpaired) electrons. The van der Waals surface area contributed by atoms with Gasteiger partial charge in [0.1, 0.15) is 24.4 Å². The van der Waals surface area contributed by atoms with E-state index >= 15 is 0 Å². The molecule has 11 heteroatoms. The summed E-state index contributed by atoms with van der Waals surface area (Å²) in [5.74, 6) is -0.0736. The zero-order valence-electron chi connectivity index (χ0n) is 31.1. The van der Waals surface area contributed by atoms with Crippen LogP contribution in [-0.2, 0) is 15.9 Å². The third kappa shape index (κ3) is 15.6. The number of fused-ring (bicyclic) bond motifs is 1. The molecule has 0 aromatic heterocycles. The molecule has 2 aliphatic heterocycles. The molecule has 0 amide bonds. The summed E-state index contributed by atoms with van der Waals surface area (Å²) in [5.41, 5.74) is 8.35. The van der Waals surface area contributed by atoms with E-state index < -0.39 is 37.3 Å². The Labute approximate surface area is 306 Å². The second-order valence-electron chi connectivity index (χ2n) is 15.0. The Hall–Kier alpha value is -1.80. The fourth-order valence-electron chi connectivity index (χ4n) is 7.34. The molecule has 1 unspecified atom stereocenters. The zero-order chi connectivity index (χ0) is 37.0. The van der Waals surface area contributed by atoms with Gasteiger partial charge in [0.2, 0.25) is 0 Å². The van der Waals surface area contributed by atoms with E-state index in [0.29, 0.717) is 6.42 Å². The van der Waals surface area contributed by atoms with Crippen molar-refractivity contribution in [2.24, 2.45) is 5.73 Å². The first kappa shape index (κ1) is 43.6. The number of allylic oxidation sites excluding steroid dienone is 1. The molecular formula is C40H70N2O9. The third-order valence-corrected chi connectivity index (χ3v) is 10.6. The molecule has 11 nitrogen and oxygen atoms in total. The van der Waals surface area contributed by atoms with Gasteiger partial charge in [0.25, 0.3) is 0 Å². The van der Waals surface area contributed by atoms with Gasteiger partial charge >= 0.3 is 0 Å². The van der Waals surface area contributed by atoms with Crippen LogP contribution in [-0.4, -0.2) is 97.9 Å². The van der Waals surface area contributed by atoms with Crippen LogP contribution in [0.4, 0.5) is 0 Å². The molecular weight excluding hydrogens is 652 g/mol. The average molecular weight is 723 g/mol. The summed E-state index contributed by atoms with van der Waals surface area (Å²) in [5, 5.41) is 73.2. The van der Waals surface area contributed by atoms with Gasteiger partial charge in [0.05, 0.1) is 18.8 Å². The Bertz CT molecular complexity index is 1100. The number of unbranched alkanes of at least 4 members (excludes halogenated alkanes) is 14. The van der Waals surface area contributed by atoms with Crippen molar-refractivity contribution in [3.8, 4) is 11.5 Å². The van der Waals surface area contributed by atoms with Gasteiger partial charge < -0.3 is 56.3 Å². The minimum absolute atomic E-state index is 0.0331. The summed E-state index contributed by atoms with van der Waals surface area (Å²) >= 11 is 0. The first-order valence-corrected chi connectivity index (χ1v) is 20.0. The Morgan fingerprint density at radius 2 is 1.41 bits per heavy atom. The summed E-state index contributed by atoms with van der Waals surface area (Å²) in [6.07, 6.45) is 18.7. The van der Waals surface area contributed by atoms with Crippen molar-refractivity contribution in [2.45, 2.75) is 190 Å². The fourth-order valence-corrected chi connectivity index (χ4v) is 7.34. The van der Waals surface area contributed by atoms with Gasteiger partial charge in [-0.05, 0) is 75.3 Å². The lowest BCUT2D eigenvalue weighted by Gasteiger charge is -2.41. The van der Waals surface area contributed by atoms with Crippen LogP contribution >= 0.6 is 0 Å². The number of benzene rings is 1. The Kier molecular flexibility index (Phi) is 20.9. The molecule has 3 rings (SSSR count). The van der Waals surface area contributed by atoms with Crippen LogP contribution in [0.1, 0.15) is 146 Å². The maximum absolute atomic E-state index is 10.3. The first-order chi connectivity index (χ1) is 24.6. The van der Waals surface area contributed by atoms with E-state index in [1.54, 1.807) is 12.1 Å². The highest BCUT2D eigenvalue weighted by atomic mass is 16.7. The molecule has 2 heterocycles. The molecule has 1 aromatic rings. The topological polar surface area (TPSA) is 198 Å². The summed E-state index contributed by atoms with van der Waals surface area (Å²) in [7, 11) is 0. The number of hydrogen-bond donors (Lipinski definition) is 9. The smallest absolute Gasteiger partial charge is 0.187 e. The monoisotopic (exact) mass is 723 g/mol. The molecule has 1 saturated heterocycles. The van der Waals surface area contributed by atoms with Gasteiger partial charge in [-0.25, -0.2) is 0 Å². The summed E-state index contributed by atoms with van der Waals surface area (Å²) in [6, 6.07) is 3.36. The number of aliphatic hydroxyl groups excluding tert-OH is 5. The van der Waals surface area contributed by atoms with Crippen LogP contribution in [0.25, 0.3) is 0 Å². The fraction of sp³-hybridized carbons (Fsp3) is 0.800. The molecule has 9 atom stereocenters. The lowest BCUT2D eigenvalue weighted by atomic mass is 9.90. The second kappa shape index (κ2) is 24.5. The molecule has 0 aliphatic carbocycles. The maximum atomic E-state index is 10.3. The SMILES string of the molecule is C[C@H](N)[C@H](CCCCCCCCCCCC/C=C/C(O)CCCCCCC[C@@H]1NCCc2cc(O)c(O)cc21)O[C@@H]1O[C@@H](CO)[C@@H](O)[C@@H](O)[C@@H]1O. The number of rotatable bonds is 26. The average Bonchev–Trinajstić information content (AvgIpc) is 3.11. The van der Waals surface area contributed by atoms with Gasteiger partial charge in [-0.15, -0.1) is 0 Å². The molecule has 1 aromatic carbocycles. The lowest BCUT2D eigenvalue weighted by Crippen LogP contribution is -2.60. The largest absolute Gasteiger partial charge is 0.504 e. The number of aromatic hydroxyl groups is 2. The second-order valence-corrected chi connectivity index (χ2v) is 15.0. The van der Waals surface area contributed by atoms with Crippen molar-refractivity contribution in [3.63, 3.8) is 0 Å². The summed E-state index contributed by atoms with van der Waals surface area (Å²) in [6.45, 7) is 2.24. The van der Waals surface area contributed by atoms with Gasteiger partial charge in [0, 0.05) is 12.1 Å². The highest BCUT2D eigenvalue weighted by Gasteiger charge is 2.45. The van der Waals surface area contributed by atoms with E-state index in [4.69, 9.17) is 15.2 Å². The molecule has 0 spiro atoms. The predicted molar refractivity (Wildman–Crippen MR) is 199 cm³/mol. The molecule has 51 heavy (non-hydrogen) atoms. The lowest BCUT2D eigenvalue weighted by molar-refractivity contribution is -0.312. The van der Waals surface area contributed by atoms with Crippen molar-refractivity contribution in [2.75, 3.05) is 13.2 Å². The van der Waals surface area contributed by atoms with E-state index in [2.05, 4.69) is 11.4 Å². The van der Waals surface area contributed by atoms with E-state index in [9.17, 15) is 35.7 Å². The van der Waals surface area contributed by atoms with Crippen molar-refractivity contribution in [1.82, 2.24) is 5.32 Å². The molecule has 0 bridgehead atoms. The van der Waals surface area contributed by atoms with Crippen LogP contribution in [0.3, 0.4) is 0 Å². The van der Waals surface area contributed by atoms with Gasteiger partial charge in [0.15, 0.2) is 17.8 Å². The van der Waals surface area contributed by atoms with Crippen molar-refractivity contribution < 1.29 is 45.2 Å². The van der Waals surface area contributed by atoms with E-state index in [1.165, 1.54) is 38.5 Å². The van der Waals surface area contributed by atoms with Crippen LogP contribution < -0.4 is 11.1 Å². The van der Waals surface area contributed by atoms with Crippen LogP contribution in [0.15, 0.2) is 24.3 Å². The number of phenolic OH excluding ortho intramolecular Hbond substituents is 2. The highest BCUT2D eigenvalue weighted by Crippen LogP contribution is 2.35. The number of nitrogens with two attached hydrogens (primary N) is 1. The van der Waals surface area contributed by atoms with E-state index in [0.717, 1.165) is 101 Å². The van der Waals surface area contributed by atoms with Crippen molar-refractivity contribution in [1.29, 1.82) is 0 Å².